The molecule has 1 aliphatic rings. The first-order chi connectivity index (χ1) is 9.74. The standard InChI is InChI=1S/C14H18ClN5/c1-11-4-2-3-9-19(11)10-14-16-17-18-20(14)13-7-5-12(15)6-8-13/h5-8,11H,2-4,9-10H2,1H3/t11-/m0/s1. The molecule has 0 aliphatic carbocycles. The predicted octanol–water partition coefficient (Wildman–Crippen LogP) is 2.69. The molecule has 20 heavy (non-hydrogen) atoms. The molecule has 5 nitrogen and oxygen atoms in total. The molecule has 0 saturated carbocycles. The molecule has 0 bridgehead atoms. The Balaban J connectivity index is 1.81. The van der Waals surface area contributed by atoms with Crippen LogP contribution in [0.2, 0.25) is 5.02 Å². The lowest BCUT2D eigenvalue weighted by molar-refractivity contribution is 0.148. The molecule has 1 aromatic heterocycles. The minimum atomic E-state index is 0.596. The molecule has 1 aliphatic heterocycles. The number of rotatable bonds is 3. The van der Waals surface area contributed by atoms with Gasteiger partial charge in [0.1, 0.15) is 0 Å². The smallest absolute Gasteiger partial charge is 0.170 e. The highest BCUT2D eigenvalue weighted by atomic mass is 35.5. The van der Waals surface area contributed by atoms with Gasteiger partial charge in [0.15, 0.2) is 5.82 Å². The lowest BCUT2D eigenvalue weighted by atomic mass is 10.0. The van der Waals surface area contributed by atoms with Crippen LogP contribution in [-0.4, -0.2) is 37.7 Å². The average molecular weight is 292 g/mol. The van der Waals surface area contributed by atoms with Crippen molar-refractivity contribution in [2.45, 2.75) is 38.8 Å². The number of likely N-dealkylation sites (tertiary alicyclic amines) is 1. The van der Waals surface area contributed by atoms with Crippen molar-refractivity contribution >= 4 is 11.6 Å². The van der Waals surface area contributed by atoms with E-state index < -0.39 is 0 Å². The number of halogens is 1. The van der Waals surface area contributed by atoms with Gasteiger partial charge < -0.3 is 0 Å². The lowest BCUT2D eigenvalue weighted by Crippen LogP contribution is -2.37. The summed E-state index contributed by atoms with van der Waals surface area (Å²) < 4.78 is 1.79. The van der Waals surface area contributed by atoms with Crippen LogP contribution in [-0.2, 0) is 6.54 Å². The molecule has 0 spiro atoms. The van der Waals surface area contributed by atoms with E-state index in [4.69, 9.17) is 11.6 Å². The van der Waals surface area contributed by atoms with Crippen LogP contribution in [0.1, 0.15) is 32.0 Å². The predicted molar refractivity (Wildman–Crippen MR) is 77.9 cm³/mol. The largest absolute Gasteiger partial charge is 0.293 e. The average Bonchev–Trinajstić information content (AvgIpc) is 2.90. The number of piperidine rings is 1. The van der Waals surface area contributed by atoms with E-state index in [2.05, 4.69) is 27.3 Å². The maximum atomic E-state index is 5.92. The summed E-state index contributed by atoms with van der Waals surface area (Å²) >= 11 is 5.92. The van der Waals surface area contributed by atoms with E-state index in [9.17, 15) is 0 Å². The Bertz CT molecular complexity index is 565. The van der Waals surface area contributed by atoms with Crippen molar-refractivity contribution in [1.82, 2.24) is 25.1 Å². The van der Waals surface area contributed by atoms with Crippen LogP contribution < -0.4 is 0 Å². The molecule has 0 N–H and O–H groups in total. The second-order valence-electron chi connectivity index (χ2n) is 5.30. The number of hydrogen-bond donors (Lipinski definition) is 0. The zero-order valence-corrected chi connectivity index (χ0v) is 12.3. The molecule has 0 amide bonds. The first kappa shape index (κ1) is 13.5. The highest BCUT2D eigenvalue weighted by Crippen LogP contribution is 2.19. The molecular weight excluding hydrogens is 274 g/mol. The highest BCUT2D eigenvalue weighted by molar-refractivity contribution is 6.30. The molecule has 106 valence electrons. The van der Waals surface area contributed by atoms with Crippen molar-refractivity contribution in [3.8, 4) is 5.69 Å². The van der Waals surface area contributed by atoms with E-state index in [1.165, 1.54) is 19.3 Å². The zero-order valence-electron chi connectivity index (χ0n) is 11.5. The van der Waals surface area contributed by atoms with Gasteiger partial charge in [0.25, 0.3) is 0 Å². The van der Waals surface area contributed by atoms with Gasteiger partial charge in [-0.3, -0.25) is 4.90 Å². The van der Waals surface area contributed by atoms with Gasteiger partial charge in [-0.15, -0.1) is 5.10 Å². The number of benzene rings is 1. The van der Waals surface area contributed by atoms with Gasteiger partial charge in [-0.2, -0.15) is 4.68 Å². The molecule has 2 aromatic rings. The summed E-state index contributed by atoms with van der Waals surface area (Å²) in [5.41, 5.74) is 0.944. The molecule has 1 atom stereocenters. The SMILES string of the molecule is C[C@H]1CCCCN1Cc1nnnn1-c1ccc(Cl)cc1. The van der Waals surface area contributed by atoms with Crippen molar-refractivity contribution in [2.24, 2.45) is 0 Å². The van der Waals surface area contributed by atoms with Crippen LogP contribution in [0.25, 0.3) is 5.69 Å². The molecule has 1 aromatic carbocycles. The summed E-state index contributed by atoms with van der Waals surface area (Å²) in [5.74, 6) is 0.876. The third-order valence-corrected chi connectivity index (χ3v) is 4.14. The topological polar surface area (TPSA) is 46.8 Å². The molecule has 0 radical (unpaired) electrons. The lowest BCUT2D eigenvalue weighted by Gasteiger charge is -2.32. The van der Waals surface area contributed by atoms with Crippen molar-refractivity contribution in [2.75, 3.05) is 6.54 Å². The van der Waals surface area contributed by atoms with Crippen LogP contribution in [0, 0.1) is 0 Å². The highest BCUT2D eigenvalue weighted by Gasteiger charge is 2.21. The van der Waals surface area contributed by atoms with Crippen molar-refractivity contribution in [3.05, 3.63) is 35.1 Å². The minimum absolute atomic E-state index is 0.596. The maximum absolute atomic E-state index is 5.92. The van der Waals surface area contributed by atoms with Crippen LogP contribution in [0.5, 0.6) is 0 Å². The zero-order chi connectivity index (χ0) is 13.9. The Hall–Kier alpha value is -1.46. The first-order valence-electron chi connectivity index (χ1n) is 7.01. The molecule has 2 heterocycles. The Labute approximate surface area is 123 Å². The number of hydrogen-bond acceptors (Lipinski definition) is 4. The fraction of sp³-hybridized carbons (Fsp3) is 0.500. The van der Waals surface area contributed by atoms with Gasteiger partial charge in [-0.25, -0.2) is 0 Å². The first-order valence-corrected chi connectivity index (χ1v) is 7.39. The molecule has 0 unspecified atom stereocenters. The molecule has 1 fully saturated rings. The quantitative estimate of drug-likeness (QED) is 0.872. The summed E-state index contributed by atoms with van der Waals surface area (Å²) in [6, 6.07) is 8.17. The third-order valence-electron chi connectivity index (χ3n) is 3.89. The van der Waals surface area contributed by atoms with E-state index in [-0.39, 0.29) is 0 Å². The van der Waals surface area contributed by atoms with Gasteiger partial charge in [0.05, 0.1) is 12.2 Å². The monoisotopic (exact) mass is 291 g/mol. The molecule has 1 saturated heterocycles. The summed E-state index contributed by atoms with van der Waals surface area (Å²) in [5, 5.41) is 12.8. The van der Waals surface area contributed by atoms with Gasteiger partial charge in [0.2, 0.25) is 0 Å². The second kappa shape index (κ2) is 5.89. The second-order valence-corrected chi connectivity index (χ2v) is 5.74. The Morgan fingerprint density at radius 2 is 2.05 bits per heavy atom. The van der Waals surface area contributed by atoms with Crippen LogP contribution in [0.15, 0.2) is 24.3 Å². The number of aromatic nitrogens is 4. The van der Waals surface area contributed by atoms with Crippen molar-refractivity contribution in [1.29, 1.82) is 0 Å². The van der Waals surface area contributed by atoms with E-state index in [1.54, 1.807) is 4.68 Å². The summed E-state index contributed by atoms with van der Waals surface area (Å²) in [7, 11) is 0. The van der Waals surface area contributed by atoms with Gasteiger partial charge in [-0.05, 0) is 61.0 Å². The van der Waals surface area contributed by atoms with E-state index >= 15 is 0 Å². The van der Waals surface area contributed by atoms with Gasteiger partial charge in [-0.1, -0.05) is 18.0 Å². The molecule has 3 rings (SSSR count). The number of tetrazole rings is 1. The van der Waals surface area contributed by atoms with Crippen LogP contribution >= 0.6 is 11.6 Å². The third kappa shape index (κ3) is 2.83. The Kier molecular flexibility index (Phi) is 3.98. The summed E-state index contributed by atoms with van der Waals surface area (Å²) in [4.78, 5) is 2.45. The van der Waals surface area contributed by atoms with Gasteiger partial charge in [0, 0.05) is 11.1 Å². The summed E-state index contributed by atoms with van der Waals surface area (Å²) in [6.07, 6.45) is 3.83. The fourth-order valence-electron chi connectivity index (χ4n) is 2.66. The van der Waals surface area contributed by atoms with E-state index in [1.807, 2.05) is 24.3 Å². The van der Waals surface area contributed by atoms with E-state index in [0.717, 1.165) is 24.6 Å². The number of nitrogens with zero attached hydrogens (tertiary/aromatic N) is 5. The van der Waals surface area contributed by atoms with Crippen LogP contribution in [0.3, 0.4) is 0 Å². The maximum Gasteiger partial charge on any atom is 0.170 e. The van der Waals surface area contributed by atoms with E-state index in [0.29, 0.717) is 11.1 Å². The summed E-state index contributed by atoms with van der Waals surface area (Å²) in [6.45, 7) is 4.18. The Morgan fingerprint density at radius 3 is 2.80 bits per heavy atom. The minimum Gasteiger partial charge on any atom is -0.293 e. The van der Waals surface area contributed by atoms with Crippen molar-refractivity contribution in [3.63, 3.8) is 0 Å². The normalized spacial score (nSPS) is 20.2. The fourth-order valence-corrected chi connectivity index (χ4v) is 2.79. The molecule has 6 heteroatoms. The van der Waals surface area contributed by atoms with Crippen LogP contribution in [0.4, 0.5) is 0 Å². The molecular formula is C14H18ClN5. The van der Waals surface area contributed by atoms with Gasteiger partial charge >= 0.3 is 0 Å². The van der Waals surface area contributed by atoms with Crippen molar-refractivity contribution < 1.29 is 0 Å². The Morgan fingerprint density at radius 1 is 1.25 bits per heavy atom.